The third-order valence-electron chi connectivity index (χ3n) is 6.36. The Morgan fingerprint density at radius 3 is 2.78 bits per heavy atom. The van der Waals surface area contributed by atoms with Crippen molar-refractivity contribution >= 4 is 5.69 Å². The lowest BCUT2D eigenvalue weighted by molar-refractivity contribution is -0.275. The molecule has 0 saturated heterocycles. The Kier molecular flexibility index (Phi) is 6.46. The first kappa shape index (κ1) is 24.3. The fourth-order valence-corrected chi connectivity index (χ4v) is 4.70. The van der Waals surface area contributed by atoms with Crippen LogP contribution in [0.1, 0.15) is 36.4 Å². The number of nitrogens with one attached hydrogen (secondary N) is 1. The molecule has 0 bridgehead atoms. The van der Waals surface area contributed by atoms with Crippen molar-refractivity contribution in [3.8, 4) is 22.8 Å². The molecule has 3 heterocycles. The second kappa shape index (κ2) is 9.57. The Bertz CT molecular complexity index is 1280. The molecule has 0 unspecified atom stereocenters. The number of hydrogen-bond donors (Lipinski definition) is 1. The summed E-state index contributed by atoms with van der Waals surface area (Å²) in [7, 11) is 0. The van der Waals surface area contributed by atoms with E-state index in [1.165, 1.54) is 11.1 Å². The molecule has 5 rings (SSSR count). The monoisotopic (exact) mass is 502 g/mol. The summed E-state index contributed by atoms with van der Waals surface area (Å²) >= 11 is 0. The molecule has 190 valence electrons. The zero-order valence-corrected chi connectivity index (χ0v) is 20.0. The summed E-state index contributed by atoms with van der Waals surface area (Å²) in [6.45, 7) is 6.26. The Morgan fingerprint density at radius 1 is 1.17 bits per heavy atom. The third-order valence-corrected chi connectivity index (χ3v) is 6.36. The van der Waals surface area contributed by atoms with Gasteiger partial charge in [-0.25, -0.2) is 14.4 Å². The number of hydrogen-bond acceptors (Lipinski definition) is 6. The predicted molar refractivity (Wildman–Crippen MR) is 127 cm³/mol. The lowest BCUT2D eigenvalue weighted by Gasteiger charge is -2.35. The molecule has 0 spiro atoms. The number of fused-ring (bicyclic) bond motifs is 2. The molecule has 0 atom stereocenters. The van der Waals surface area contributed by atoms with Crippen LogP contribution in [0.2, 0.25) is 0 Å². The van der Waals surface area contributed by atoms with Gasteiger partial charge in [-0.1, -0.05) is 18.2 Å². The van der Waals surface area contributed by atoms with Gasteiger partial charge in [0.2, 0.25) is 0 Å². The van der Waals surface area contributed by atoms with Crippen LogP contribution in [0, 0.1) is 5.82 Å². The third kappa shape index (κ3) is 5.09. The van der Waals surface area contributed by atoms with Crippen molar-refractivity contribution < 1.29 is 27.0 Å². The highest BCUT2D eigenvalue weighted by Crippen LogP contribution is 2.46. The summed E-state index contributed by atoms with van der Waals surface area (Å²) in [5, 5.41) is 3.33. The van der Waals surface area contributed by atoms with E-state index >= 15 is 0 Å². The largest absolute Gasteiger partial charge is 0.573 e. The molecule has 10 heteroatoms. The molecule has 1 N–H and O–H groups in total. The van der Waals surface area contributed by atoms with Crippen LogP contribution in [0.25, 0.3) is 11.3 Å². The highest BCUT2D eigenvalue weighted by atomic mass is 19.4. The van der Waals surface area contributed by atoms with Gasteiger partial charge in [-0.2, -0.15) is 0 Å². The van der Waals surface area contributed by atoms with E-state index in [-0.39, 0.29) is 29.7 Å². The van der Waals surface area contributed by atoms with E-state index in [9.17, 15) is 17.6 Å². The summed E-state index contributed by atoms with van der Waals surface area (Å²) in [5.41, 5.74) is 3.95. The van der Waals surface area contributed by atoms with Gasteiger partial charge in [-0.3, -0.25) is 0 Å². The van der Waals surface area contributed by atoms with E-state index in [2.05, 4.69) is 32.2 Å². The summed E-state index contributed by atoms with van der Waals surface area (Å²) in [6.07, 6.45) is -2.59. The lowest BCUT2D eigenvalue weighted by atomic mass is 9.97. The zero-order valence-electron chi connectivity index (χ0n) is 20.0. The molecule has 36 heavy (non-hydrogen) atoms. The number of rotatable bonds is 5. The van der Waals surface area contributed by atoms with Gasteiger partial charge in [0.15, 0.2) is 17.3 Å². The fourth-order valence-electron chi connectivity index (χ4n) is 4.70. The SMILES string of the molecule is CC(C)N1CCOc2c(OC(F)(F)F)cc(-c3nc(Cc4ccc5c(c4)CCNC5)ncc3F)cc21. The minimum Gasteiger partial charge on any atom is -0.486 e. The van der Waals surface area contributed by atoms with Crippen LogP contribution in [0.5, 0.6) is 11.5 Å². The average Bonchev–Trinajstić information content (AvgIpc) is 2.83. The molecular formula is C26H26F4N4O2. The van der Waals surface area contributed by atoms with Crippen LogP contribution in [0.15, 0.2) is 36.5 Å². The van der Waals surface area contributed by atoms with E-state index in [0.717, 1.165) is 37.3 Å². The second-order valence-corrected chi connectivity index (χ2v) is 9.20. The van der Waals surface area contributed by atoms with E-state index in [4.69, 9.17) is 4.74 Å². The average molecular weight is 503 g/mol. The van der Waals surface area contributed by atoms with Crippen molar-refractivity contribution in [2.24, 2.45) is 0 Å². The molecule has 0 radical (unpaired) electrons. The van der Waals surface area contributed by atoms with Gasteiger partial charge in [0.1, 0.15) is 18.1 Å². The molecular weight excluding hydrogens is 476 g/mol. The van der Waals surface area contributed by atoms with Gasteiger partial charge < -0.3 is 19.7 Å². The number of anilines is 1. The number of ether oxygens (including phenoxy) is 2. The smallest absolute Gasteiger partial charge is 0.486 e. The molecule has 0 aliphatic carbocycles. The summed E-state index contributed by atoms with van der Waals surface area (Å²) < 4.78 is 64.4. The summed E-state index contributed by atoms with van der Waals surface area (Å²) in [4.78, 5) is 10.4. The molecule has 0 fully saturated rings. The minimum atomic E-state index is -4.94. The molecule has 0 saturated carbocycles. The van der Waals surface area contributed by atoms with E-state index < -0.39 is 17.9 Å². The highest BCUT2D eigenvalue weighted by Gasteiger charge is 2.35. The van der Waals surface area contributed by atoms with Gasteiger partial charge in [-0.15, -0.1) is 13.2 Å². The van der Waals surface area contributed by atoms with E-state index in [0.29, 0.717) is 24.5 Å². The number of halogens is 4. The minimum absolute atomic E-state index is 0.0192. The topological polar surface area (TPSA) is 59.5 Å². The Balaban J connectivity index is 1.54. The molecule has 2 aliphatic rings. The molecule has 2 aliphatic heterocycles. The molecule has 6 nitrogen and oxygen atoms in total. The summed E-state index contributed by atoms with van der Waals surface area (Å²) in [5.74, 6) is -0.910. The molecule has 3 aromatic rings. The Labute approximate surface area is 206 Å². The van der Waals surface area contributed by atoms with Gasteiger partial charge in [0, 0.05) is 24.6 Å². The highest BCUT2D eigenvalue weighted by molar-refractivity contribution is 5.76. The number of nitrogens with zero attached hydrogens (tertiary/aromatic N) is 3. The van der Waals surface area contributed by atoms with Crippen LogP contribution in [-0.4, -0.2) is 42.1 Å². The van der Waals surface area contributed by atoms with E-state index in [1.807, 2.05) is 24.8 Å². The Morgan fingerprint density at radius 2 is 2.00 bits per heavy atom. The number of aromatic nitrogens is 2. The number of benzene rings is 2. The van der Waals surface area contributed by atoms with Crippen LogP contribution in [0.4, 0.5) is 23.2 Å². The Hall–Kier alpha value is -3.40. The van der Waals surface area contributed by atoms with Crippen molar-refractivity contribution in [2.45, 2.75) is 45.6 Å². The van der Waals surface area contributed by atoms with Gasteiger partial charge in [-0.05, 0) is 55.6 Å². The maximum absolute atomic E-state index is 14.9. The van der Waals surface area contributed by atoms with Crippen molar-refractivity contribution in [3.63, 3.8) is 0 Å². The molecule has 0 amide bonds. The van der Waals surface area contributed by atoms with E-state index in [1.54, 1.807) is 6.07 Å². The normalized spacial score (nSPS) is 15.4. The quantitative estimate of drug-likeness (QED) is 0.495. The molecule has 1 aromatic heterocycles. The standard InChI is InChI=1S/C26H26F4N4O2/c1-15(2)34-7-8-35-25-21(34)11-19(12-22(25)36-26(28,29)30)24-20(27)14-32-23(33-24)10-16-3-4-18-13-31-6-5-17(18)9-16/h3-4,9,11-12,14-15,31H,5-8,10,13H2,1-2H3. The maximum Gasteiger partial charge on any atom is 0.573 e. The zero-order chi connectivity index (χ0) is 25.4. The van der Waals surface area contributed by atoms with Gasteiger partial charge >= 0.3 is 6.36 Å². The van der Waals surface area contributed by atoms with Crippen molar-refractivity contribution in [3.05, 3.63) is 64.9 Å². The first-order valence-corrected chi connectivity index (χ1v) is 11.8. The van der Waals surface area contributed by atoms with Crippen molar-refractivity contribution in [1.29, 1.82) is 0 Å². The second-order valence-electron chi connectivity index (χ2n) is 9.20. The first-order valence-electron chi connectivity index (χ1n) is 11.8. The lowest BCUT2D eigenvalue weighted by Crippen LogP contribution is -2.38. The number of alkyl halides is 3. The van der Waals surface area contributed by atoms with Crippen LogP contribution in [-0.2, 0) is 19.4 Å². The van der Waals surface area contributed by atoms with Crippen LogP contribution < -0.4 is 19.7 Å². The first-order chi connectivity index (χ1) is 17.2. The summed E-state index contributed by atoms with van der Waals surface area (Å²) in [6, 6.07) is 8.85. The van der Waals surface area contributed by atoms with Crippen LogP contribution >= 0.6 is 0 Å². The van der Waals surface area contributed by atoms with Gasteiger partial charge in [0.05, 0.1) is 18.4 Å². The van der Waals surface area contributed by atoms with Crippen molar-refractivity contribution in [1.82, 2.24) is 15.3 Å². The maximum atomic E-state index is 14.9. The fraction of sp³-hybridized carbons (Fsp3) is 0.385. The van der Waals surface area contributed by atoms with Gasteiger partial charge in [0.25, 0.3) is 0 Å². The predicted octanol–water partition coefficient (Wildman–Crippen LogP) is 5.03. The van der Waals surface area contributed by atoms with Crippen molar-refractivity contribution in [2.75, 3.05) is 24.6 Å². The molecule has 2 aromatic carbocycles. The van der Waals surface area contributed by atoms with Crippen LogP contribution in [0.3, 0.4) is 0 Å².